The van der Waals surface area contributed by atoms with Crippen molar-refractivity contribution in [2.75, 3.05) is 19.7 Å². The lowest BCUT2D eigenvalue weighted by atomic mass is 10.1. The minimum atomic E-state index is -0.755. The summed E-state index contributed by atoms with van der Waals surface area (Å²) >= 11 is 0. The van der Waals surface area contributed by atoms with Crippen LogP contribution in [0.15, 0.2) is 0 Å². The van der Waals surface area contributed by atoms with Gasteiger partial charge in [0.05, 0.1) is 6.54 Å². The van der Waals surface area contributed by atoms with Crippen LogP contribution in [0.2, 0.25) is 0 Å². The Balaban J connectivity index is 2.45. The molecule has 1 aliphatic rings. The molecule has 0 aromatic heterocycles. The lowest BCUT2D eigenvalue weighted by Crippen LogP contribution is -2.42. The molecule has 1 rings (SSSR count). The maximum Gasteiger partial charge on any atom is 0.317 e. The van der Waals surface area contributed by atoms with Crippen LogP contribution in [-0.4, -0.2) is 41.9 Å². The van der Waals surface area contributed by atoms with Crippen LogP contribution in [0.1, 0.15) is 51.9 Å². The van der Waals surface area contributed by atoms with E-state index in [1.54, 1.807) is 0 Å². The molecule has 17 heavy (non-hydrogen) atoms. The predicted octanol–water partition coefficient (Wildman–Crippen LogP) is 2.48. The van der Waals surface area contributed by atoms with Crippen molar-refractivity contribution in [3.8, 4) is 0 Å². The second-order valence-corrected chi connectivity index (χ2v) is 4.75. The molecule has 4 heteroatoms. The maximum atomic E-state index is 10.8. The molecule has 0 aliphatic carbocycles. The number of rotatable bonds is 6. The second kappa shape index (κ2) is 8.48. The van der Waals surface area contributed by atoms with Crippen molar-refractivity contribution in [2.24, 2.45) is 0 Å². The van der Waals surface area contributed by atoms with E-state index < -0.39 is 5.97 Å². The van der Waals surface area contributed by atoms with E-state index in [1.165, 1.54) is 12.8 Å². The smallest absolute Gasteiger partial charge is 0.317 e. The van der Waals surface area contributed by atoms with Crippen LogP contribution in [0.25, 0.3) is 0 Å². The Morgan fingerprint density at radius 1 is 1.35 bits per heavy atom. The molecular formula is C13H25NO3. The zero-order valence-electron chi connectivity index (χ0n) is 10.9. The molecule has 0 spiro atoms. The molecule has 4 nitrogen and oxygen atoms in total. The van der Waals surface area contributed by atoms with Gasteiger partial charge in [0, 0.05) is 13.2 Å². The zero-order valence-corrected chi connectivity index (χ0v) is 10.9. The van der Waals surface area contributed by atoms with Crippen molar-refractivity contribution in [1.29, 1.82) is 0 Å². The lowest BCUT2D eigenvalue weighted by molar-refractivity contribution is -0.144. The van der Waals surface area contributed by atoms with E-state index in [-0.39, 0.29) is 12.8 Å². The number of nitrogens with zero attached hydrogens (tertiary/aromatic N) is 1. The Kier molecular flexibility index (Phi) is 7.21. The van der Waals surface area contributed by atoms with Gasteiger partial charge in [0.25, 0.3) is 0 Å². The summed E-state index contributed by atoms with van der Waals surface area (Å²) in [5, 5.41) is 8.92. The highest BCUT2D eigenvalue weighted by molar-refractivity contribution is 5.69. The number of carboxylic acid groups (broad SMARTS) is 1. The van der Waals surface area contributed by atoms with Crippen LogP contribution in [0.5, 0.6) is 0 Å². The first kappa shape index (κ1) is 14.5. The van der Waals surface area contributed by atoms with Gasteiger partial charge < -0.3 is 9.84 Å². The van der Waals surface area contributed by atoms with Crippen molar-refractivity contribution in [2.45, 2.75) is 58.1 Å². The summed E-state index contributed by atoms with van der Waals surface area (Å²) in [7, 11) is 0. The summed E-state index contributed by atoms with van der Waals surface area (Å²) in [5.41, 5.74) is 0. The first-order valence-corrected chi connectivity index (χ1v) is 6.81. The van der Waals surface area contributed by atoms with Crippen LogP contribution >= 0.6 is 0 Å². The third-order valence-electron chi connectivity index (χ3n) is 3.20. The van der Waals surface area contributed by atoms with Gasteiger partial charge in [0.1, 0.15) is 6.23 Å². The molecule has 1 N–H and O–H groups in total. The molecule has 0 aromatic carbocycles. The number of hydrogen-bond donors (Lipinski definition) is 1. The first-order valence-electron chi connectivity index (χ1n) is 6.81. The highest BCUT2D eigenvalue weighted by atomic mass is 16.5. The fraction of sp³-hybridized carbons (Fsp3) is 0.923. The summed E-state index contributed by atoms with van der Waals surface area (Å²) in [6.07, 6.45) is 7.83. The van der Waals surface area contributed by atoms with Crippen LogP contribution in [0.3, 0.4) is 0 Å². The third kappa shape index (κ3) is 6.03. The van der Waals surface area contributed by atoms with E-state index in [2.05, 4.69) is 6.92 Å². The zero-order chi connectivity index (χ0) is 12.5. The first-order chi connectivity index (χ1) is 8.24. The van der Waals surface area contributed by atoms with Crippen LogP contribution in [-0.2, 0) is 9.53 Å². The fourth-order valence-corrected chi connectivity index (χ4v) is 2.22. The number of likely N-dealkylation sites (tertiary alicyclic amines) is 1. The quantitative estimate of drug-likeness (QED) is 0.728. The molecular weight excluding hydrogens is 218 g/mol. The summed E-state index contributed by atoms with van der Waals surface area (Å²) in [5.74, 6) is -0.755. The molecule has 1 aliphatic heterocycles. The lowest BCUT2D eigenvalue weighted by Gasteiger charge is -2.32. The fourth-order valence-electron chi connectivity index (χ4n) is 2.22. The summed E-state index contributed by atoms with van der Waals surface area (Å²) in [4.78, 5) is 12.8. The number of carboxylic acids is 1. The molecule has 0 radical (unpaired) electrons. The number of carbonyl (C=O) groups is 1. The van der Waals surface area contributed by atoms with Crippen LogP contribution < -0.4 is 0 Å². The molecule has 1 atom stereocenters. The SMILES string of the molecule is CCCCOC1CCCCCCN1CC(=O)O. The normalized spacial score (nSPS) is 23.0. The van der Waals surface area contributed by atoms with E-state index in [4.69, 9.17) is 9.84 Å². The van der Waals surface area contributed by atoms with Gasteiger partial charge in [0.2, 0.25) is 0 Å². The van der Waals surface area contributed by atoms with Crippen molar-refractivity contribution in [1.82, 2.24) is 4.90 Å². The molecule has 1 fully saturated rings. The Bertz CT molecular complexity index is 221. The largest absolute Gasteiger partial charge is 0.480 e. The van der Waals surface area contributed by atoms with Gasteiger partial charge >= 0.3 is 5.97 Å². The highest BCUT2D eigenvalue weighted by Gasteiger charge is 2.22. The standard InChI is InChI=1S/C13H25NO3/c1-2-3-10-17-12-8-6-4-5-7-9-14(12)11-13(15)16/h12H,2-11H2,1H3,(H,15,16). The van der Waals surface area contributed by atoms with Gasteiger partial charge in [0.15, 0.2) is 0 Å². The predicted molar refractivity (Wildman–Crippen MR) is 66.9 cm³/mol. The van der Waals surface area contributed by atoms with Crippen LogP contribution in [0.4, 0.5) is 0 Å². The number of aliphatic carboxylic acids is 1. The maximum absolute atomic E-state index is 10.8. The molecule has 1 heterocycles. The molecule has 0 saturated carbocycles. The van der Waals surface area contributed by atoms with E-state index >= 15 is 0 Å². The summed E-state index contributed by atoms with van der Waals surface area (Å²) in [6, 6.07) is 0. The van der Waals surface area contributed by atoms with Crippen molar-refractivity contribution >= 4 is 5.97 Å². The van der Waals surface area contributed by atoms with Gasteiger partial charge in [-0.15, -0.1) is 0 Å². The molecule has 0 aromatic rings. The van der Waals surface area contributed by atoms with Crippen LogP contribution in [0, 0.1) is 0 Å². The summed E-state index contributed by atoms with van der Waals surface area (Å²) < 4.78 is 5.83. The molecule has 0 bridgehead atoms. The third-order valence-corrected chi connectivity index (χ3v) is 3.20. The van der Waals surface area contributed by atoms with Crippen molar-refractivity contribution in [3.63, 3.8) is 0 Å². The number of hydrogen-bond acceptors (Lipinski definition) is 3. The van der Waals surface area contributed by atoms with Crippen molar-refractivity contribution in [3.05, 3.63) is 0 Å². The minimum Gasteiger partial charge on any atom is -0.480 e. The van der Waals surface area contributed by atoms with Gasteiger partial charge in [-0.3, -0.25) is 9.69 Å². The second-order valence-electron chi connectivity index (χ2n) is 4.75. The highest BCUT2D eigenvalue weighted by Crippen LogP contribution is 2.17. The van der Waals surface area contributed by atoms with Gasteiger partial charge in [-0.05, 0) is 25.7 Å². The Morgan fingerprint density at radius 3 is 2.82 bits per heavy atom. The summed E-state index contributed by atoms with van der Waals surface area (Å²) in [6.45, 7) is 3.84. The monoisotopic (exact) mass is 243 g/mol. The molecule has 100 valence electrons. The Labute approximate surface area is 104 Å². The van der Waals surface area contributed by atoms with E-state index in [1.807, 2.05) is 4.90 Å². The average molecular weight is 243 g/mol. The molecule has 0 amide bonds. The number of unbranched alkanes of at least 4 members (excludes halogenated alkanes) is 1. The van der Waals surface area contributed by atoms with Gasteiger partial charge in [-0.25, -0.2) is 0 Å². The topological polar surface area (TPSA) is 49.8 Å². The van der Waals surface area contributed by atoms with Crippen molar-refractivity contribution < 1.29 is 14.6 Å². The molecule has 1 saturated heterocycles. The molecule has 1 unspecified atom stereocenters. The van der Waals surface area contributed by atoms with E-state index in [0.717, 1.165) is 45.3 Å². The van der Waals surface area contributed by atoms with E-state index in [0.29, 0.717) is 0 Å². The average Bonchev–Trinajstić information content (AvgIpc) is 2.26. The minimum absolute atomic E-state index is 0.0120. The van der Waals surface area contributed by atoms with Gasteiger partial charge in [-0.1, -0.05) is 26.2 Å². The van der Waals surface area contributed by atoms with Gasteiger partial charge in [-0.2, -0.15) is 0 Å². The Hall–Kier alpha value is -0.610. The number of ether oxygens (including phenoxy) is 1. The van der Waals surface area contributed by atoms with E-state index in [9.17, 15) is 4.79 Å². The Morgan fingerprint density at radius 2 is 2.12 bits per heavy atom.